The molecule has 1 amide bonds. The van der Waals surface area contributed by atoms with Crippen molar-refractivity contribution in [2.45, 2.75) is 12.6 Å². The van der Waals surface area contributed by atoms with E-state index < -0.39 is 23.5 Å². The molecule has 2 N–H and O–H groups in total. The summed E-state index contributed by atoms with van der Waals surface area (Å²) < 4.78 is 39.9. The second-order valence-corrected chi connectivity index (χ2v) is 5.47. The molecule has 2 rings (SSSR count). The number of carboxylic acid groups (broad SMARTS) is 1. The number of amides is 1. The molecule has 2 aliphatic rings. The summed E-state index contributed by atoms with van der Waals surface area (Å²) in [5, 5.41) is 11.3. The summed E-state index contributed by atoms with van der Waals surface area (Å²) in [4.78, 5) is 25.7. The Kier molecular flexibility index (Phi) is 4.43. The van der Waals surface area contributed by atoms with Crippen LogP contribution in [-0.2, 0) is 9.59 Å². The molecule has 1 unspecified atom stereocenters. The highest BCUT2D eigenvalue weighted by Gasteiger charge is 2.62. The number of aliphatic carboxylic acids is 1. The van der Waals surface area contributed by atoms with Gasteiger partial charge in [0.1, 0.15) is 0 Å². The van der Waals surface area contributed by atoms with E-state index in [4.69, 9.17) is 5.11 Å². The lowest BCUT2D eigenvalue weighted by Gasteiger charge is -2.39. The number of halogens is 3. The first-order chi connectivity index (χ1) is 9.76. The number of rotatable bonds is 3. The Balaban J connectivity index is 2.02. The van der Waals surface area contributed by atoms with E-state index in [1.165, 1.54) is 4.90 Å². The maximum Gasteiger partial charge on any atom is 0.404 e. The van der Waals surface area contributed by atoms with Crippen molar-refractivity contribution in [2.75, 3.05) is 45.8 Å². The smallest absolute Gasteiger partial charge is 0.404 e. The standard InChI is InChI=1S/C12H18F3N3O3/c13-12(14,15)11(1-2-16-8-11)10(21)18-5-3-17(4-6-18)7-9(19)20/h16H,1-8H2,(H,19,20). The van der Waals surface area contributed by atoms with Gasteiger partial charge >= 0.3 is 12.1 Å². The molecule has 120 valence electrons. The number of hydrogen-bond acceptors (Lipinski definition) is 4. The number of carbonyl (C=O) groups is 2. The molecule has 2 saturated heterocycles. The number of carbonyl (C=O) groups excluding carboxylic acids is 1. The van der Waals surface area contributed by atoms with E-state index in [1.54, 1.807) is 4.90 Å². The van der Waals surface area contributed by atoms with Crippen LogP contribution in [-0.4, -0.2) is 78.8 Å². The van der Waals surface area contributed by atoms with Crippen molar-refractivity contribution in [2.24, 2.45) is 5.41 Å². The highest BCUT2D eigenvalue weighted by molar-refractivity contribution is 5.84. The Morgan fingerprint density at radius 3 is 2.24 bits per heavy atom. The van der Waals surface area contributed by atoms with E-state index in [0.717, 1.165) is 0 Å². The molecule has 2 heterocycles. The summed E-state index contributed by atoms with van der Waals surface area (Å²) in [7, 11) is 0. The van der Waals surface area contributed by atoms with Crippen LogP contribution in [0, 0.1) is 5.41 Å². The van der Waals surface area contributed by atoms with Crippen LogP contribution >= 0.6 is 0 Å². The fourth-order valence-corrected chi connectivity index (χ4v) is 2.84. The maximum atomic E-state index is 13.3. The van der Waals surface area contributed by atoms with Crippen molar-refractivity contribution in [3.05, 3.63) is 0 Å². The summed E-state index contributed by atoms with van der Waals surface area (Å²) in [6.07, 6.45) is -4.82. The molecular weight excluding hydrogens is 291 g/mol. The Morgan fingerprint density at radius 2 is 1.81 bits per heavy atom. The van der Waals surface area contributed by atoms with Gasteiger partial charge in [-0.05, 0) is 13.0 Å². The number of nitrogens with one attached hydrogen (secondary N) is 1. The largest absolute Gasteiger partial charge is 0.480 e. The van der Waals surface area contributed by atoms with Crippen LogP contribution < -0.4 is 5.32 Å². The van der Waals surface area contributed by atoms with Gasteiger partial charge in [0.15, 0.2) is 5.41 Å². The van der Waals surface area contributed by atoms with Gasteiger partial charge in [0.2, 0.25) is 5.91 Å². The van der Waals surface area contributed by atoms with Crippen molar-refractivity contribution >= 4 is 11.9 Å². The van der Waals surface area contributed by atoms with E-state index in [-0.39, 0.29) is 52.2 Å². The first kappa shape index (κ1) is 16.0. The lowest BCUT2D eigenvalue weighted by molar-refractivity contribution is -0.222. The van der Waals surface area contributed by atoms with E-state index in [1.807, 2.05) is 0 Å². The molecule has 2 aliphatic heterocycles. The van der Waals surface area contributed by atoms with Gasteiger partial charge in [0.05, 0.1) is 6.54 Å². The van der Waals surface area contributed by atoms with Gasteiger partial charge in [-0.2, -0.15) is 13.2 Å². The number of nitrogens with zero attached hydrogens (tertiary/aromatic N) is 2. The van der Waals surface area contributed by atoms with Gasteiger partial charge in [0, 0.05) is 32.7 Å². The molecule has 0 saturated carbocycles. The molecule has 0 radical (unpaired) electrons. The van der Waals surface area contributed by atoms with Crippen molar-refractivity contribution in [3.8, 4) is 0 Å². The molecule has 0 spiro atoms. The quantitative estimate of drug-likeness (QED) is 0.753. The minimum atomic E-state index is -4.58. The van der Waals surface area contributed by atoms with E-state index in [0.29, 0.717) is 0 Å². The third-order valence-corrected chi connectivity index (χ3v) is 4.13. The van der Waals surface area contributed by atoms with Crippen LogP contribution in [0.4, 0.5) is 13.2 Å². The first-order valence-corrected chi connectivity index (χ1v) is 6.77. The van der Waals surface area contributed by atoms with Crippen LogP contribution in [0.2, 0.25) is 0 Å². The fraction of sp³-hybridized carbons (Fsp3) is 0.833. The molecule has 2 fully saturated rings. The highest BCUT2D eigenvalue weighted by Crippen LogP contribution is 2.44. The Labute approximate surface area is 119 Å². The van der Waals surface area contributed by atoms with Gasteiger partial charge in [-0.3, -0.25) is 14.5 Å². The molecule has 6 nitrogen and oxygen atoms in total. The minimum Gasteiger partial charge on any atom is -0.480 e. The number of hydrogen-bond donors (Lipinski definition) is 2. The Morgan fingerprint density at radius 1 is 1.19 bits per heavy atom. The van der Waals surface area contributed by atoms with Crippen molar-refractivity contribution in [3.63, 3.8) is 0 Å². The molecular formula is C12H18F3N3O3. The number of alkyl halides is 3. The van der Waals surface area contributed by atoms with Crippen LogP contribution in [0.25, 0.3) is 0 Å². The molecule has 0 bridgehead atoms. The van der Waals surface area contributed by atoms with Gasteiger partial charge in [0.25, 0.3) is 0 Å². The van der Waals surface area contributed by atoms with Crippen LogP contribution in [0.3, 0.4) is 0 Å². The third kappa shape index (κ3) is 3.13. The Hall–Kier alpha value is -1.35. The van der Waals surface area contributed by atoms with Crippen LogP contribution in [0.5, 0.6) is 0 Å². The van der Waals surface area contributed by atoms with E-state index in [9.17, 15) is 22.8 Å². The summed E-state index contributed by atoms with van der Waals surface area (Å²) in [5.41, 5.74) is -2.33. The lowest BCUT2D eigenvalue weighted by atomic mass is 9.84. The zero-order valence-electron chi connectivity index (χ0n) is 11.4. The van der Waals surface area contributed by atoms with Crippen LogP contribution in [0.15, 0.2) is 0 Å². The van der Waals surface area contributed by atoms with Gasteiger partial charge in [-0.15, -0.1) is 0 Å². The zero-order valence-corrected chi connectivity index (χ0v) is 11.4. The molecule has 9 heteroatoms. The van der Waals surface area contributed by atoms with Gasteiger partial charge in [-0.25, -0.2) is 0 Å². The predicted octanol–water partition coefficient (Wildman–Crippen LogP) is -0.243. The molecule has 0 aliphatic carbocycles. The zero-order chi connectivity index (χ0) is 15.7. The molecule has 0 aromatic carbocycles. The van der Waals surface area contributed by atoms with Gasteiger partial charge in [-0.1, -0.05) is 0 Å². The second-order valence-electron chi connectivity index (χ2n) is 5.47. The SMILES string of the molecule is O=C(O)CN1CCN(C(=O)C2(C(F)(F)F)CCNC2)CC1. The first-order valence-electron chi connectivity index (χ1n) is 6.77. The third-order valence-electron chi connectivity index (χ3n) is 4.13. The number of piperazine rings is 1. The topological polar surface area (TPSA) is 72.9 Å². The average molecular weight is 309 g/mol. The summed E-state index contributed by atoms with van der Waals surface area (Å²) >= 11 is 0. The fourth-order valence-electron chi connectivity index (χ4n) is 2.84. The monoisotopic (exact) mass is 309 g/mol. The normalized spacial score (nSPS) is 27.9. The number of carboxylic acids is 1. The highest BCUT2D eigenvalue weighted by atomic mass is 19.4. The molecule has 0 aromatic rings. The predicted molar refractivity (Wildman–Crippen MR) is 66.6 cm³/mol. The molecule has 21 heavy (non-hydrogen) atoms. The molecule has 0 aromatic heterocycles. The summed E-state index contributed by atoms with van der Waals surface area (Å²) in [5.74, 6) is -1.88. The van der Waals surface area contributed by atoms with Crippen molar-refractivity contribution < 1.29 is 27.9 Å². The Bertz CT molecular complexity index is 414. The van der Waals surface area contributed by atoms with Crippen LogP contribution in [0.1, 0.15) is 6.42 Å². The van der Waals surface area contributed by atoms with Crippen molar-refractivity contribution in [1.29, 1.82) is 0 Å². The van der Waals surface area contributed by atoms with E-state index in [2.05, 4.69) is 5.32 Å². The summed E-state index contributed by atoms with van der Waals surface area (Å²) in [6.45, 7) is 0.440. The summed E-state index contributed by atoms with van der Waals surface area (Å²) in [6, 6.07) is 0. The molecule has 1 atom stereocenters. The minimum absolute atomic E-state index is 0.129. The van der Waals surface area contributed by atoms with Gasteiger partial charge < -0.3 is 15.3 Å². The average Bonchev–Trinajstić information content (AvgIpc) is 2.88. The maximum absolute atomic E-state index is 13.3. The second kappa shape index (κ2) is 5.80. The van der Waals surface area contributed by atoms with Crippen molar-refractivity contribution in [1.82, 2.24) is 15.1 Å². The van der Waals surface area contributed by atoms with E-state index >= 15 is 0 Å². The lowest BCUT2D eigenvalue weighted by Crippen LogP contribution is -2.58.